The summed E-state index contributed by atoms with van der Waals surface area (Å²) in [5.41, 5.74) is 2.40. The van der Waals surface area contributed by atoms with Gasteiger partial charge in [-0.2, -0.15) is 0 Å². The van der Waals surface area contributed by atoms with Crippen LogP contribution in [0.15, 0.2) is 21.5 Å². The molecule has 1 nitrogen and oxygen atoms in total. The second-order valence-electron chi connectivity index (χ2n) is 3.68. The highest BCUT2D eigenvalue weighted by Gasteiger charge is 2.18. The molecule has 0 spiro atoms. The molecule has 0 aromatic carbocycles. The van der Waals surface area contributed by atoms with E-state index < -0.39 is 0 Å². The lowest BCUT2D eigenvalue weighted by Gasteiger charge is -2.08. The highest BCUT2D eigenvalue weighted by molar-refractivity contribution is 9.11. The van der Waals surface area contributed by atoms with Crippen molar-refractivity contribution in [3.05, 3.63) is 31.9 Å². The topological polar surface area (TPSA) is 20.2 Å². The van der Waals surface area contributed by atoms with Gasteiger partial charge in [0.25, 0.3) is 0 Å². The molecule has 1 unspecified atom stereocenters. The molecule has 3 heteroatoms. The molecule has 1 aromatic heterocycles. The number of halogens is 1. The molecule has 1 aliphatic carbocycles. The van der Waals surface area contributed by atoms with E-state index in [2.05, 4.69) is 35.0 Å². The van der Waals surface area contributed by atoms with Crippen LogP contribution in [0, 0.1) is 6.92 Å². The zero-order chi connectivity index (χ0) is 10.1. The van der Waals surface area contributed by atoms with Crippen LogP contribution in [0.4, 0.5) is 0 Å². The van der Waals surface area contributed by atoms with Crippen LogP contribution in [-0.4, -0.2) is 5.11 Å². The molecule has 0 aliphatic heterocycles. The maximum absolute atomic E-state index is 10.1. The minimum atomic E-state index is -0.368. The number of allylic oxidation sites excluding steroid dienone is 1. The van der Waals surface area contributed by atoms with E-state index in [1.807, 2.05) is 0 Å². The minimum Gasteiger partial charge on any atom is -0.383 e. The van der Waals surface area contributed by atoms with Gasteiger partial charge in [-0.25, -0.2) is 0 Å². The molecule has 1 heterocycles. The van der Waals surface area contributed by atoms with Crippen LogP contribution >= 0.6 is 27.3 Å². The lowest BCUT2D eigenvalue weighted by atomic mass is 10.1. The first-order valence-corrected chi connectivity index (χ1v) is 6.42. The van der Waals surface area contributed by atoms with Gasteiger partial charge in [-0.1, -0.05) is 6.08 Å². The molecule has 1 aliphatic rings. The van der Waals surface area contributed by atoms with E-state index in [0.29, 0.717) is 0 Å². The third kappa shape index (κ3) is 1.95. The molecule has 76 valence electrons. The maximum Gasteiger partial charge on any atom is 0.109 e. The average Bonchev–Trinajstić information content (AvgIpc) is 2.76. The first-order chi connectivity index (χ1) is 6.68. The summed E-state index contributed by atoms with van der Waals surface area (Å²) in [6.45, 7) is 2.06. The average molecular weight is 273 g/mol. The van der Waals surface area contributed by atoms with Gasteiger partial charge in [0.05, 0.1) is 3.79 Å². The summed E-state index contributed by atoms with van der Waals surface area (Å²) in [7, 11) is 0. The van der Waals surface area contributed by atoms with Gasteiger partial charge in [0.2, 0.25) is 0 Å². The molecule has 14 heavy (non-hydrogen) atoms. The van der Waals surface area contributed by atoms with Gasteiger partial charge in [-0.3, -0.25) is 0 Å². The molecule has 0 fully saturated rings. The highest BCUT2D eigenvalue weighted by atomic mass is 79.9. The summed E-state index contributed by atoms with van der Waals surface area (Å²) in [4.78, 5) is 1.06. The fourth-order valence-electron chi connectivity index (χ4n) is 1.75. The van der Waals surface area contributed by atoms with Gasteiger partial charge in [-0.15, -0.1) is 11.3 Å². The Balaban J connectivity index is 2.22. The first kappa shape index (κ1) is 10.4. The summed E-state index contributed by atoms with van der Waals surface area (Å²) in [5, 5.41) is 10.1. The predicted molar refractivity (Wildman–Crippen MR) is 63.6 cm³/mol. The number of rotatable bonds is 2. The summed E-state index contributed by atoms with van der Waals surface area (Å²) < 4.78 is 1.13. The van der Waals surface area contributed by atoms with Gasteiger partial charge in [0.1, 0.15) is 6.10 Å². The molecular weight excluding hydrogens is 260 g/mol. The van der Waals surface area contributed by atoms with E-state index >= 15 is 0 Å². The van der Waals surface area contributed by atoms with Crippen molar-refractivity contribution in [1.82, 2.24) is 0 Å². The van der Waals surface area contributed by atoms with E-state index in [9.17, 15) is 5.11 Å². The third-order valence-electron chi connectivity index (χ3n) is 2.57. The maximum atomic E-state index is 10.1. The molecular formula is C11H13BrOS. The largest absolute Gasteiger partial charge is 0.383 e. The Bertz CT molecular complexity index is 348. The lowest BCUT2D eigenvalue weighted by molar-refractivity contribution is 0.216. The summed E-state index contributed by atoms with van der Waals surface area (Å²) in [6, 6.07) is 2.07. The van der Waals surface area contributed by atoms with Crippen LogP contribution in [0.5, 0.6) is 0 Å². The Morgan fingerprint density at radius 1 is 1.57 bits per heavy atom. The Morgan fingerprint density at radius 2 is 2.36 bits per heavy atom. The van der Waals surface area contributed by atoms with Crippen LogP contribution in [0.2, 0.25) is 0 Å². The van der Waals surface area contributed by atoms with Gasteiger partial charge in [0, 0.05) is 4.88 Å². The van der Waals surface area contributed by atoms with Gasteiger partial charge >= 0.3 is 0 Å². The fourth-order valence-corrected chi connectivity index (χ4v) is 3.35. The standard InChI is InChI=1S/C11H13BrOS/c1-7-6-9(14-11(7)12)10(13)8-4-2-3-5-8/h4,6,10,13H,2-3,5H2,1H3. The number of thiophene rings is 1. The van der Waals surface area contributed by atoms with E-state index in [1.54, 1.807) is 11.3 Å². The molecule has 0 bridgehead atoms. The van der Waals surface area contributed by atoms with Crippen molar-refractivity contribution in [1.29, 1.82) is 0 Å². The van der Waals surface area contributed by atoms with Crippen molar-refractivity contribution < 1.29 is 5.11 Å². The van der Waals surface area contributed by atoms with E-state index in [1.165, 1.54) is 17.6 Å². The summed E-state index contributed by atoms with van der Waals surface area (Å²) >= 11 is 5.12. The number of aliphatic hydroxyl groups excluding tert-OH is 1. The van der Waals surface area contributed by atoms with Gasteiger partial charge < -0.3 is 5.11 Å². The number of hydrogen-bond acceptors (Lipinski definition) is 2. The normalized spacial score (nSPS) is 18.4. The Morgan fingerprint density at radius 3 is 2.86 bits per heavy atom. The minimum absolute atomic E-state index is 0.368. The smallest absolute Gasteiger partial charge is 0.109 e. The van der Waals surface area contributed by atoms with Crippen molar-refractivity contribution >= 4 is 27.3 Å². The van der Waals surface area contributed by atoms with Gasteiger partial charge in [-0.05, 0) is 59.3 Å². The van der Waals surface area contributed by atoms with Crippen molar-refractivity contribution in [3.8, 4) is 0 Å². The molecule has 0 saturated heterocycles. The van der Waals surface area contributed by atoms with Crippen LogP contribution in [0.3, 0.4) is 0 Å². The number of aliphatic hydroxyl groups is 1. The van der Waals surface area contributed by atoms with Crippen molar-refractivity contribution in [2.24, 2.45) is 0 Å². The third-order valence-corrected chi connectivity index (χ3v) is 4.76. The van der Waals surface area contributed by atoms with Crippen LogP contribution in [0.25, 0.3) is 0 Å². The molecule has 1 aromatic rings. The predicted octanol–water partition coefficient (Wildman–Crippen LogP) is 3.96. The molecule has 0 saturated carbocycles. The Kier molecular flexibility index (Phi) is 3.10. The zero-order valence-electron chi connectivity index (χ0n) is 8.09. The zero-order valence-corrected chi connectivity index (χ0v) is 10.5. The van der Waals surface area contributed by atoms with Crippen LogP contribution in [0.1, 0.15) is 35.8 Å². The van der Waals surface area contributed by atoms with E-state index in [-0.39, 0.29) is 6.10 Å². The SMILES string of the molecule is Cc1cc(C(O)C2=CCCC2)sc1Br. The number of aryl methyl sites for hydroxylation is 1. The van der Waals surface area contributed by atoms with E-state index in [0.717, 1.165) is 21.5 Å². The quantitative estimate of drug-likeness (QED) is 0.808. The van der Waals surface area contributed by atoms with Crippen LogP contribution < -0.4 is 0 Å². The second-order valence-corrected chi connectivity index (χ2v) is 6.08. The molecule has 0 radical (unpaired) electrons. The molecule has 0 amide bonds. The van der Waals surface area contributed by atoms with Crippen molar-refractivity contribution in [2.45, 2.75) is 32.3 Å². The Hall–Kier alpha value is -0.120. The summed E-state index contributed by atoms with van der Waals surface area (Å²) in [6.07, 6.45) is 5.17. The molecule has 1 atom stereocenters. The van der Waals surface area contributed by atoms with E-state index in [4.69, 9.17) is 0 Å². The number of hydrogen-bond donors (Lipinski definition) is 1. The van der Waals surface area contributed by atoms with Crippen LogP contribution in [-0.2, 0) is 0 Å². The lowest BCUT2D eigenvalue weighted by Crippen LogP contribution is -1.96. The summed E-state index contributed by atoms with van der Waals surface area (Å²) in [5.74, 6) is 0. The Labute approximate surface area is 96.6 Å². The fraction of sp³-hybridized carbons (Fsp3) is 0.455. The first-order valence-electron chi connectivity index (χ1n) is 4.81. The molecule has 1 N–H and O–H groups in total. The highest BCUT2D eigenvalue weighted by Crippen LogP contribution is 2.37. The van der Waals surface area contributed by atoms with Crippen molar-refractivity contribution in [2.75, 3.05) is 0 Å². The monoisotopic (exact) mass is 272 g/mol. The second kappa shape index (κ2) is 4.17. The van der Waals surface area contributed by atoms with Crippen molar-refractivity contribution in [3.63, 3.8) is 0 Å². The molecule has 2 rings (SSSR count). The van der Waals surface area contributed by atoms with Gasteiger partial charge in [0.15, 0.2) is 0 Å².